The summed E-state index contributed by atoms with van der Waals surface area (Å²) >= 11 is 5.95. The van der Waals surface area contributed by atoms with Crippen LogP contribution in [0.4, 0.5) is 5.13 Å². The van der Waals surface area contributed by atoms with E-state index in [0.29, 0.717) is 6.04 Å². The molecule has 2 fully saturated rings. The fraction of sp³-hybridized carbons (Fsp3) is 0.769. The standard InChI is InChI=1S/C13H21N3S3/c1-2-4-16(3-1)13-15-11(10-19-13)7-14-12-8-17-5-6-18-9-12/h10,12,14H,1-9H2. The summed E-state index contributed by atoms with van der Waals surface area (Å²) < 4.78 is 0. The molecule has 0 amide bonds. The first-order valence-electron chi connectivity index (χ1n) is 7.00. The van der Waals surface area contributed by atoms with Crippen LogP contribution in [0.3, 0.4) is 0 Å². The molecule has 1 aromatic heterocycles. The Labute approximate surface area is 127 Å². The van der Waals surface area contributed by atoms with E-state index in [1.54, 1.807) is 11.3 Å². The fourth-order valence-electron chi connectivity index (χ4n) is 2.42. The van der Waals surface area contributed by atoms with Crippen molar-refractivity contribution in [2.75, 3.05) is 41.0 Å². The van der Waals surface area contributed by atoms with Crippen molar-refractivity contribution < 1.29 is 0 Å². The largest absolute Gasteiger partial charge is 0.348 e. The molecule has 6 heteroatoms. The number of hydrogen-bond acceptors (Lipinski definition) is 6. The smallest absolute Gasteiger partial charge is 0.185 e. The number of nitrogens with zero attached hydrogens (tertiary/aromatic N) is 2. The van der Waals surface area contributed by atoms with Crippen LogP contribution >= 0.6 is 34.9 Å². The van der Waals surface area contributed by atoms with Gasteiger partial charge in [-0.05, 0) is 12.8 Å². The molecule has 106 valence electrons. The van der Waals surface area contributed by atoms with Crippen LogP contribution in [0, 0.1) is 0 Å². The monoisotopic (exact) mass is 315 g/mol. The Bertz CT molecular complexity index is 382. The second-order valence-corrected chi connectivity index (χ2v) is 8.18. The molecule has 2 aliphatic rings. The Hall–Kier alpha value is 0.0900. The molecule has 0 aromatic carbocycles. The summed E-state index contributed by atoms with van der Waals surface area (Å²) in [6, 6.07) is 0.648. The van der Waals surface area contributed by atoms with Gasteiger partial charge in [-0.2, -0.15) is 23.5 Å². The summed E-state index contributed by atoms with van der Waals surface area (Å²) in [5, 5.41) is 7.11. The van der Waals surface area contributed by atoms with Gasteiger partial charge in [0, 0.05) is 54.1 Å². The number of nitrogens with one attached hydrogen (secondary N) is 1. The zero-order valence-electron chi connectivity index (χ0n) is 11.1. The van der Waals surface area contributed by atoms with Crippen molar-refractivity contribution in [3.63, 3.8) is 0 Å². The van der Waals surface area contributed by atoms with E-state index in [-0.39, 0.29) is 0 Å². The highest BCUT2D eigenvalue weighted by Crippen LogP contribution is 2.24. The van der Waals surface area contributed by atoms with Crippen molar-refractivity contribution in [1.82, 2.24) is 10.3 Å². The number of aromatic nitrogens is 1. The summed E-state index contributed by atoms with van der Waals surface area (Å²) in [5.41, 5.74) is 1.21. The molecule has 3 heterocycles. The number of hydrogen-bond donors (Lipinski definition) is 1. The highest BCUT2D eigenvalue weighted by atomic mass is 32.2. The Kier molecular flexibility index (Phi) is 5.32. The fourth-order valence-corrected chi connectivity index (χ4v) is 5.76. The van der Waals surface area contributed by atoms with Gasteiger partial charge in [-0.15, -0.1) is 11.3 Å². The van der Waals surface area contributed by atoms with Gasteiger partial charge in [-0.25, -0.2) is 4.98 Å². The molecule has 0 saturated carbocycles. The average molecular weight is 316 g/mol. The summed E-state index contributed by atoms with van der Waals surface area (Å²) in [6.07, 6.45) is 2.65. The van der Waals surface area contributed by atoms with Gasteiger partial charge >= 0.3 is 0 Å². The molecule has 1 N–H and O–H groups in total. The van der Waals surface area contributed by atoms with Crippen molar-refractivity contribution in [2.45, 2.75) is 25.4 Å². The van der Waals surface area contributed by atoms with Gasteiger partial charge < -0.3 is 10.2 Å². The molecule has 3 rings (SSSR count). The Morgan fingerprint density at radius 3 is 2.68 bits per heavy atom. The highest BCUT2D eigenvalue weighted by Gasteiger charge is 2.16. The number of rotatable bonds is 4. The minimum absolute atomic E-state index is 0.648. The van der Waals surface area contributed by atoms with Crippen LogP contribution in [0.15, 0.2) is 5.38 Å². The van der Waals surface area contributed by atoms with Gasteiger partial charge in [0.05, 0.1) is 5.69 Å². The van der Waals surface area contributed by atoms with Crippen molar-refractivity contribution in [2.24, 2.45) is 0 Å². The highest BCUT2D eigenvalue weighted by molar-refractivity contribution is 8.03. The third kappa shape index (κ3) is 4.03. The molecule has 0 aliphatic carbocycles. The maximum atomic E-state index is 4.77. The van der Waals surface area contributed by atoms with Crippen molar-refractivity contribution >= 4 is 40.0 Å². The normalized spacial score (nSPS) is 21.8. The first-order chi connectivity index (χ1) is 9.42. The molecule has 1 aromatic rings. The third-order valence-corrected chi connectivity index (χ3v) is 6.97. The molecular weight excluding hydrogens is 294 g/mol. The summed E-state index contributed by atoms with van der Waals surface area (Å²) in [6.45, 7) is 3.31. The molecule has 0 radical (unpaired) electrons. The van der Waals surface area contributed by atoms with E-state index < -0.39 is 0 Å². The lowest BCUT2D eigenvalue weighted by molar-refractivity contribution is 0.597. The lowest BCUT2D eigenvalue weighted by atomic mass is 10.3. The van der Waals surface area contributed by atoms with Crippen LogP contribution in [0.2, 0.25) is 0 Å². The van der Waals surface area contributed by atoms with E-state index >= 15 is 0 Å². The Balaban J connectivity index is 1.49. The SMILES string of the molecule is c1sc(N2CCCC2)nc1CNC1CSCCSC1. The van der Waals surface area contributed by atoms with Crippen LogP contribution in [0.5, 0.6) is 0 Å². The summed E-state index contributed by atoms with van der Waals surface area (Å²) in [7, 11) is 0. The Morgan fingerprint density at radius 2 is 1.95 bits per heavy atom. The van der Waals surface area contributed by atoms with Gasteiger partial charge in [-0.3, -0.25) is 0 Å². The number of anilines is 1. The predicted octanol–water partition coefficient (Wildman–Crippen LogP) is 2.68. The zero-order valence-corrected chi connectivity index (χ0v) is 13.6. The van der Waals surface area contributed by atoms with Crippen molar-refractivity contribution in [3.05, 3.63) is 11.1 Å². The molecule has 3 nitrogen and oxygen atoms in total. The van der Waals surface area contributed by atoms with E-state index in [1.807, 2.05) is 0 Å². The van der Waals surface area contributed by atoms with Gasteiger partial charge in [0.15, 0.2) is 5.13 Å². The van der Waals surface area contributed by atoms with Crippen molar-refractivity contribution in [1.29, 1.82) is 0 Å². The van der Waals surface area contributed by atoms with E-state index in [9.17, 15) is 0 Å². The van der Waals surface area contributed by atoms with E-state index in [0.717, 1.165) is 6.54 Å². The van der Waals surface area contributed by atoms with Crippen LogP contribution in [-0.2, 0) is 6.54 Å². The molecule has 0 bridgehead atoms. The maximum Gasteiger partial charge on any atom is 0.185 e. The van der Waals surface area contributed by atoms with Gasteiger partial charge in [0.1, 0.15) is 0 Å². The summed E-state index contributed by atoms with van der Waals surface area (Å²) in [5.74, 6) is 5.10. The third-order valence-electron chi connectivity index (χ3n) is 3.50. The maximum absolute atomic E-state index is 4.77. The first kappa shape index (κ1) is 14.0. The second-order valence-electron chi connectivity index (χ2n) is 5.04. The Morgan fingerprint density at radius 1 is 1.21 bits per heavy atom. The molecular formula is C13H21N3S3. The van der Waals surface area contributed by atoms with Gasteiger partial charge in [0.2, 0.25) is 0 Å². The van der Waals surface area contributed by atoms with Crippen LogP contribution in [0.25, 0.3) is 0 Å². The van der Waals surface area contributed by atoms with E-state index in [2.05, 4.69) is 39.1 Å². The molecule has 19 heavy (non-hydrogen) atoms. The molecule has 2 saturated heterocycles. The predicted molar refractivity (Wildman–Crippen MR) is 88.8 cm³/mol. The van der Waals surface area contributed by atoms with Gasteiger partial charge in [0.25, 0.3) is 0 Å². The molecule has 0 spiro atoms. The van der Waals surface area contributed by atoms with E-state index in [4.69, 9.17) is 4.98 Å². The minimum atomic E-state index is 0.648. The zero-order chi connectivity index (χ0) is 12.9. The van der Waals surface area contributed by atoms with Crippen molar-refractivity contribution in [3.8, 4) is 0 Å². The van der Waals surface area contributed by atoms with Crippen LogP contribution in [-0.4, -0.2) is 47.1 Å². The van der Waals surface area contributed by atoms with E-state index in [1.165, 1.54) is 59.8 Å². The average Bonchev–Trinajstić information content (AvgIpc) is 3.04. The quantitative estimate of drug-likeness (QED) is 0.922. The minimum Gasteiger partial charge on any atom is -0.348 e. The van der Waals surface area contributed by atoms with Crippen LogP contribution in [0.1, 0.15) is 18.5 Å². The van der Waals surface area contributed by atoms with Crippen LogP contribution < -0.4 is 10.2 Å². The topological polar surface area (TPSA) is 28.2 Å². The molecule has 0 atom stereocenters. The first-order valence-corrected chi connectivity index (χ1v) is 10.2. The summed E-state index contributed by atoms with van der Waals surface area (Å²) in [4.78, 5) is 7.19. The second kappa shape index (κ2) is 7.20. The lowest BCUT2D eigenvalue weighted by Crippen LogP contribution is -2.32. The lowest BCUT2D eigenvalue weighted by Gasteiger charge is -2.14. The number of thiazole rings is 1. The molecule has 0 unspecified atom stereocenters. The number of thioether (sulfide) groups is 2. The van der Waals surface area contributed by atoms with Gasteiger partial charge in [-0.1, -0.05) is 0 Å². The molecule has 2 aliphatic heterocycles.